The molecule has 0 bridgehead atoms. The van der Waals surface area contributed by atoms with Crippen molar-refractivity contribution in [1.82, 2.24) is 4.57 Å². The second kappa shape index (κ2) is 11.4. The molecule has 2 aliphatic carbocycles. The molecule has 0 atom stereocenters. The van der Waals surface area contributed by atoms with Gasteiger partial charge in [0.1, 0.15) is 0 Å². The monoisotopic (exact) mass is 711 g/mol. The fourth-order valence-corrected chi connectivity index (χ4v) is 10.3. The Morgan fingerprint density at radius 2 is 1.07 bits per heavy atom. The minimum Gasteiger partial charge on any atom is -0.309 e. The molecular formula is C54H49N. The predicted octanol–water partition coefficient (Wildman–Crippen LogP) is 14.0. The van der Waals surface area contributed by atoms with E-state index in [1.165, 1.54) is 94.3 Å². The van der Waals surface area contributed by atoms with Crippen LogP contribution >= 0.6 is 0 Å². The van der Waals surface area contributed by atoms with Crippen molar-refractivity contribution in [2.75, 3.05) is 0 Å². The Bertz CT molecular complexity index is 2790. The van der Waals surface area contributed by atoms with Gasteiger partial charge in [-0.1, -0.05) is 183 Å². The van der Waals surface area contributed by atoms with E-state index in [4.69, 9.17) is 0 Å². The molecule has 0 N–H and O–H groups in total. The molecule has 1 nitrogen and oxygen atoms in total. The summed E-state index contributed by atoms with van der Waals surface area (Å²) in [6, 6.07) is 57.8. The molecular weight excluding hydrogens is 663 g/mol. The van der Waals surface area contributed by atoms with Crippen LogP contribution in [0.4, 0.5) is 0 Å². The molecule has 0 fully saturated rings. The Labute approximate surface area is 326 Å². The zero-order chi connectivity index (χ0) is 38.1. The molecule has 1 aromatic heterocycles. The van der Waals surface area contributed by atoms with Crippen LogP contribution in [0.3, 0.4) is 0 Å². The van der Waals surface area contributed by atoms with Gasteiger partial charge in [-0.25, -0.2) is 0 Å². The quantitative estimate of drug-likeness (QED) is 0.172. The third-order valence-corrected chi connectivity index (χ3v) is 12.9. The highest BCUT2D eigenvalue weighted by Gasteiger charge is 2.50. The van der Waals surface area contributed by atoms with Crippen LogP contribution in [0.2, 0.25) is 0 Å². The Morgan fingerprint density at radius 1 is 0.455 bits per heavy atom. The van der Waals surface area contributed by atoms with Gasteiger partial charge in [-0.2, -0.15) is 0 Å². The summed E-state index contributed by atoms with van der Waals surface area (Å²) in [6.45, 7) is 19.0. The van der Waals surface area contributed by atoms with Crippen molar-refractivity contribution in [3.05, 3.63) is 196 Å². The van der Waals surface area contributed by atoms with Crippen LogP contribution in [0.25, 0.3) is 49.7 Å². The van der Waals surface area contributed by atoms with Gasteiger partial charge >= 0.3 is 0 Å². The molecule has 270 valence electrons. The lowest BCUT2D eigenvalue weighted by molar-refractivity contribution is 0.557. The number of hydrogen-bond donors (Lipinski definition) is 0. The van der Waals surface area contributed by atoms with Crippen molar-refractivity contribution < 1.29 is 0 Å². The largest absolute Gasteiger partial charge is 0.309 e. The fraction of sp³-hybridized carbons (Fsp3) is 0.222. The lowest BCUT2D eigenvalue weighted by Gasteiger charge is -2.38. The average molecular weight is 712 g/mol. The number of rotatable bonds is 3. The van der Waals surface area contributed by atoms with Crippen LogP contribution in [0, 0.1) is 0 Å². The minimum atomic E-state index is -0.522. The van der Waals surface area contributed by atoms with E-state index in [-0.39, 0.29) is 16.2 Å². The van der Waals surface area contributed by atoms with Crippen molar-refractivity contribution in [2.45, 2.75) is 77.0 Å². The summed E-state index contributed by atoms with van der Waals surface area (Å²) in [6.07, 6.45) is 0. The summed E-state index contributed by atoms with van der Waals surface area (Å²) in [7, 11) is 0. The van der Waals surface area contributed by atoms with Gasteiger partial charge in [-0.3, -0.25) is 0 Å². The molecule has 0 aliphatic heterocycles. The Kier molecular flexibility index (Phi) is 7.04. The first kappa shape index (κ1) is 33.9. The maximum atomic E-state index is 2.60. The predicted molar refractivity (Wildman–Crippen MR) is 233 cm³/mol. The first-order valence-corrected chi connectivity index (χ1v) is 20.0. The number of nitrogens with zero attached hydrogens (tertiary/aromatic N) is 1. The maximum absolute atomic E-state index is 2.60. The fourth-order valence-electron chi connectivity index (χ4n) is 10.3. The van der Waals surface area contributed by atoms with E-state index in [0.29, 0.717) is 0 Å². The van der Waals surface area contributed by atoms with Gasteiger partial charge in [-0.15, -0.1) is 0 Å². The maximum Gasteiger partial charge on any atom is 0.0717 e. The molecule has 0 unspecified atom stereocenters. The van der Waals surface area contributed by atoms with Gasteiger partial charge in [0.15, 0.2) is 0 Å². The average Bonchev–Trinajstić information content (AvgIpc) is 3.75. The van der Waals surface area contributed by atoms with E-state index in [2.05, 4.69) is 212 Å². The van der Waals surface area contributed by atoms with Crippen molar-refractivity contribution in [1.29, 1.82) is 0 Å². The lowest BCUT2D eigenvalue weighted by atomic mass is 9.63. The van der Waals surface area contributed by atoms with E-state index >= 15 is 0 Å². The highest BCUT2D eigenvalue weighted by Crippen LogP contribution is 2.61. The summed E-state index contributed by atoms with van der Waals surface area (Å²) in [4.78, 5) is 0. The number of hydrogen-bond acceptors (Lipinski definition) is 0. The first-order chi connectivity index (χ1) is 26.3. The van der Waals surface area contributed by atoms with E-state index < -0.39 is 5.41 Å². The van der Waals surface area contributed by atoms with E-state index in [1.54, 1.807) is 0 Å². The summed E-state index contributed by atoms with van der Waals surface area (Å²) in [5.41, 5.74) is 19.3. The van der Waals surface area contributed by atoms with Crippen LogP contribution in [0.15, 0.2) is 152 Å². The van der Waals surface area contributed by atoms with Gasteiger partial charge in [0.05, 0.1) is 22.1 Å². The summed E-state index contributed by atoms with van der Waals surface area (Å²) >= 11 is 0. The molecule has 0 amide bonds. The molecule has 8 aromatic rings. The smallest absolute Gasteiger partial charge is 0.0717 e. The highest BCUT2D eigenvalue weighted by atomic mass is 15.0. The van der Waals surface area contributed by atoms with Crippen LogP contribution in [-0.4, -0.2) is 4.57 Å². The Balaban J connectivity index is 1.40. The van der Waals surface area contributed by atoms with E-state index in [9.17, 15) is 0 Å². The van der Waals surface area contributed by atoms with Crippen molar-refractivity contribution in [3.63, 3.8) is 0 Å². The minimum absolute atomic E-state index is 0.0388. The highest BCUT2D eigenvalue weighted by molar-refractivity contribution is 6.12. The van der Waals surface area contributed by atoms with Gasteiger partial charge in [0.2, 0.25) is 0 Å². The number of aromatic nitrogens is 1. The first-order valence-electron chi connectivity index (χ1n) is 20.0. The number of benzene rings is 7. The Hall–Kier alpha value is -5.66. The molecule has 55 heavy (non-hydrogen) atoms. The van der Waals surface area contributed by atoms with Crippen molar-refractivity contribution in [2.24, 2.45) is 0 Å². The van der Waals surface area contributed by atoms with Crippen LogP contribution in [0.5, 0.6) is 0 Å². The van der Waals surface area contributed by atoms with E-state index in [0.717, 1.165) is 0 Å². The van der Waals surface area contributed by atoms with Crippen molar-refractivity contribution in [3.8, 4) is 27.9 Å². The Morgan fingerprint density at radius 3 is 1.75 bits per heavy atom. The van der Waals surface area contributed by atoms with Crippen LogP contribution in [0.1, 0.15) is 99.9 Å². The third-order valence-electron chi connectivity index (χ3n) is 12.9. The number of para-hydroxylation sites is 1. The molecule has 1 heterocycles. The SMILES string of the molecule is CC(C)(C)c1cc2c(c(C(C)(C)C)c1)C(c1ccccc1)(c1ccccc1)c1cccc(-n3c4ccccc4c4cc5c(cc43)C(C)(C)c3ccccc3-5)c1-2. The van der Waals surface area contributed by atoms with Crippen LogP contribution in [-0.2, 0) is 21.7 Å². The zero-order valence-corrected chi connectivity index (χ0v) is 33.4. The topological polar surface area (TPSA) is 4.93 Å². The molecule has 10 rings (SSSR count). The van der Waals surface area contributed by atoms with Gasteiger partial charge in [0, 0.05) is 21.8 Å². The van der Waals surface area contributed by atoms with Gasteiger partial charge in [0.25, 0.3) is 0 Å². The lowest BCUT2D eigenvalue weighted by Crippen LogP contribution is -2.32. The molecule has 0 saturated carbocycles. The van der Waals surface area contributed by atoms with E-state index in [1.807, 2.05) is 0 Å². The molecule has 0 radical (unpaired) electrons. The molecule has 2 aliphatic rings. The van der Waals surface area contributed by atoms with Gasteiger partial charge in [-0.05, 0) is 96.3 Å². The standard InChI is InChI=1S/C54H49N/c1-51(2,3)36-30-41-49-43(54(34-20-11-9-12-21-34,35-22-13-10-14-23-35)50(41)45(31-36)52(4,5)6)27-19-29-47(49)55-46-28-18-16-25-38(46)40-32-39-37-24-15-17-26-42(37)53(7,8)44(39)33-48(40)55/h9-33H,1-8H3. The zero-order valence-electron chi connectivity index (χ0n) is 33.4. The van der Waals surface area contributed by atoms with Gasteiger partial charge < -0.3 is 4.57 Å². The molecule has 7 aromatic carbocycles. The second-order valence-corrected chi connectivity index (χ2v) is 18.6. The molecule has 0 saturated heterocycles. The van der Waals surface area contributed by atoms with Crippen molar-refractivity contribution >= 4 is 21.8 Å². The summed E-state index contributed by atoms with van der Waals surface area (Å²) in [5.74, 6) is 0. The number of fused-ring (bicyclic) bond motifs is 9. The normalized spacial score (nSPS) is 15.2. The summed E-state index contributed by atoms with van der Waals surface area (Å²) < 4.78 is 2.60. The third kappa shape index (κ3) is 4.59. The second-order valence-electron chi connectivity index (χ2n) is 18.6. The molecule has 0 spiro atoms. The summed E-state index contributed by atoms with van der Waals surface area (Å²) in [5, 5.41) is 2.59. The van der Waals surface area contributed by atoms with Crippen LogP contribution < -0.4 is 0 Å². The molecule has 1 heteroatoms.